The Morgan fingerprint density at radius 3 is 3.00 bits per heavy atom. The third-order valence-electron chi connectivity index (χ3n) is 3.93. The zero-order valence-corrected chi connectivity index (χ0v) is 14.4. The molecule has 0 amide bonds. The lowest BCUT2D eigenvalue weighted by Crippen LogP contribution is -2.32. The maximum atomic E-state index is 12.0. The normalized spacial score (nSPS) is 13.1. The van der Waals surface area contributed by atoms with Crippen LogP contribution in [-0.2, 0) is 22.4 Å². The third-order valence-corrected chi connectivity index (χ3v) is 5.12. The molecule has 122 valence electrons. The van der Waals surface area contributed by atoms with Crippen molar-refractivity contribution in [2.45, 2.75) is 33.1 Å². The number of rotatable bonds is 6. The first kappa shape index (κ1) is 15.9. The van der Waals surface area contributed by atoms with Gasteiger partial charge in [-0.15, -0.1) is 17.9 Å². The van der Waals surface area contributed by atoms with Crippen LogP contribution in [0.1, 0.15) is 29.6 Å². The number of carbonyl (C=O) groups excluding carboxylic acids is 1. The number of esters is 1. The monoisotopic (exact) mass is 331 g/mol. The number of hydrogen-bond acceptors (Lipinski definition) is 6. The molecule has 6 heteroatoms. The molecular weight excluding hydrogens is 310 g/mol. The fraction of sp³-hybridized carbons (Fsp3) is 0.471. The van der Waals surface area contributed by atoms with Gasteiger partial charge in [0, 0.05) is 11.4 Å². The van der Waals surface area contributed by atoms with Gasteiger partial charge in [0.1, 0.15) is 23.0 Å². The molecule has 1 aliphatic carbocycles. The van der Waals surface area contributed by atoms with Crippen LogP contribution in [0.2, 0.25) is 0 Å². The molecule has 2 aromatic rings. The zero-order valence-electron chi connectivity index (χ0n) is 13.6. The highest BCUT2D eigenvalue weighted by atomic mass is 32.1. The molecule has 0 atom stereocenters. The molecule has 23 heavy (non-hydrogen) atoms. The molecule has 0 saturated heterocycles. The van der Waals surface area contributed by atoms with E-state index in [9.17, 15) is 4.79 Å². The Morgan fingerprint density at radius 1 is 1.43 bits per heavy atom. The van der Waals surface area contributed by atoms with Gasteiger partial charge in [-0.3, -0.25) is 4.79 Å². The van der Waals surface area contributed by atoms with Crippen molar-refractivity contribution in [1.82, 2.24) is 9.97 Å². The summed E-state index contributed by atoms with van der Waals surface area (Å²) in [6, 6.07) is 0. The Hall–Kier alpha value is -1.95. The van der Waals surface area contributed by atoms with E-state index in [1.165, 1.54) is 16.9 Å². The first-order valence-electron chi connectivity index (χ1n) is 7.94. The molecule has 0 N–H and O–H groups in total. The second kappa shape index (κ2) is 6.66. The zero-order chi connectivity index (χ0) is 16.4. The molecular formula is C17H21N3O2S. The van der Waals surface area contributed by atoms with Crippen LogP contribution in [0.25, 0.3) is 10.2 Å². The average molecular weight is 331 g/mol. The summed E-state index contributed by atoms with van der Waals surface area (Å²) in [5.41, 5.74) is 1.36. The van der Waals surface area contributed by atoms with E-state index >= 15 is 0 Å². The Bertz CT molecular complexity index is 754. The summed E-state index contributed by atoms with van der Waals surface area (Å²) in [5, 5.41) is 1.11. The van der Waals surface area contributed by atoms with Gasteiger partial charge in [0.2, 0.25) is 0 Å². The number of nitrogens with zero attached hydrogens (tertiary/aromatic N) is 3. The fourth-order valence-electron chi connectivity index (χ4n) is 3.05. The summed E-state index contributed by atoms with van der Waals surface area (Å²) in [6.45, 7) is 8.62. The van der Waals surface area contributed by atoms with Crippen molar-refractivity contribution in [3.8, 4) is 0 Å². The van der Waals surface area contributed by atoms with E-state index in [0.29, 0.717) is 13.2 Å². The minimum absolute atomic E-state index is 0.177. The van der Waals surface area contributed by atoms with Gasteiger partial charge < -0.3 is 9.64 Å². The van der Waals surface area contributed by atoms with Crippen molar-refractivity contribution < 1.29 is 9.53 Å². The number of anilines is 1. The second-order valence-electron chi connectivity index (χ2n) is 5.61. The quantitative estimate of drug-likeness (QED) is 0.601. The van der Waals surface area contributed by atoms with Crippen LogP contribution in [0.4, 0.5) is 5.82 Å². The summed E-state index contributed by atoms with van der Waals surface area (Å²) >= 11 is 1.76. The smallest absolute Gasteiger partial charge is 0.325 e. The van der Waals surface area contributed by atoms with Gasteiger partial charge in [0.15, 0.2) is 0 Å². The van der Waals surface area contributed by atoms with Crippen LogP contribution in [0.3, 0.4) is 0 Å². The first-order valence-corrected chi connectivity index (χ1v) is 8.76. The van der Waals surface area contributed by atoms with Crippen LogP contribution in [0, 0.1) is 6.92 Å². The minimum Gasteiger partial charge on any atom is -0.465 e. The molecule has 0 aliphatic heterocycles. The molecule has 0 fully saturated rings. The van der Waals surface area contributed by atoms with Gasteiger partial charge >= 0.3 is 5.97 Å². The van der Waals surface area contributed by atoms with E-state index < -0.39 is 0 Å². The molecule has 0 saturated carbocycles. The highest BCUT2D eigenvalue weighted by molar-refractivity contribution is 7.19. The number of hydrogen-bond donors (Lipinski definition) is 0. The standard InChI is InChI=1S/C17H21N3O2S/c1-4-9-20(10-14(21)22-5-2)16-15-12-7-6-8-13(12)23-17(15)19-11(3)18-16/h4H,1,5-10H2,2-3H3. The van der Waals surface area contributed by atoms with E-state index in [4.69, 9.17) is 4.74 Å². The summed E-state index contributed by atoms with van der Waals surface area (Å²) in [4.78, 5) is 25.6. The van der Waals surface area contributed by atoms with Crippen LogP contribution in [0.15, 0.2) is 12.7 Å². The topological polar surface area (TPSA) is 55.3 Å². The number of ether oxygens (including phenoxy) is 1. The number of thiophene rings is 1. The predicted octanol–water partition coefficient (Wildman–Crippen LogP) is 3.04. The number of aryl methyl sites for hydroxylation is 3. The molecule has 2 heterocycles. The summed E-state index contributed by atoms with van der Waals surface area (Å²) in [6.07, 6.45) is 5.16. The second-order valence-corrected chi connectivity index (χ2v) is 6.69. The van der Waals surface area contributed by atoms with E-state index in [1.807, 2.05) is 18.7 Å². The van der Waals surface area contributed by atoms with Gasteiger partial charge in [-0.05, 0) is 38.7 Å². The van der Waals surface area contributed by atoms with Crippen molar-refractivity contribution in [2.75, 3.05) is 24.6 Å². The molecule has 0 radical (unpaired) electrons. The molecule has 0 bridgehead atoms. The van der Waals surface area contributed by atoms with E-state index in [0.717, 1.165) is 34.7 Å². The SMILES string of the molecule is C=CCN(CC(=O)OCC)c1nc(C)nc2sc3c(c12)CCC3. The molecule has 0 spiro atoms. The van der Waals surface area contributed by atoms with Crippen molar-refractivity contribution in [3.05, 3.63) is 28.9 Å². The number of fused-ring (bicyclic) bond motifs is 3. The fourth-order valence-corrected chi connectivity index (χ4v) is 4.35. The number of aromatic nitrogens is 2. The lowest BCUT2D eigenvalue weighted by Gasteiger charge is -2.22. The van der Waals surface area contributed by atoms with Crippen molar-refractivity contribution in [3.63, 3.8) is 0 Å². The minimum atomic E-state index is -0.245. The van der Waals surface area contributed by atoms with Crippen LogP contribution >= 0.6 is 11.3 Å². The summed E-state index contributed by atoms with van der Waals surface area (Å²) in [5.74, 6) is 1.32. The Kier molecular flexibility index (Phi) is 4.61. The maximum absolute atomic E-state index is 12.0. The Morgan fingerprint density at radius 2 is 2.26 bits per heavy atom. The highest BCUT2D eigenvalue weighted by Crippen LogP contribution is 2.40. The molecule has 0 aromatic carbocycles. The summed E-state index contributed by atoms with van der Waals surface area (Å²) in [7, 11) is 0. The van der Waals surface area contributed by atoms with Crippen molar-refractivity contribution in [2.24, 2.45) is 0 Å². The highest BCUT2D eigenvalue weighted by Gasteiger charge is 2.25. The average Bonchev–Trinajstić information content (AvgIpc) is 3.06. The lowest BCUT2D eigenvalue weighted by atomic mass is 10.1. The molecule has 2 aromatic heterocycles. The van der Waals surface area contributed by atoms with Crippen LogP contribution in [-0.4, -0.2) is 35.6 Å². The molecule has 0 unspecified atom stereocenters. The van der Waals surface area contributed by atoms with Gasteiger partial charge in [0.25, 0.3) is 0 Å². The van der Waals surface area contributed by atoms with Crippen LogP contribution < -0.4 is 4.90 Å². The largest absolute Gasteiger partial charge is 0.465 e. The van der Waals surface area contributed by atoms with E-state index in [-0.39, 0.29) is 12.5 Å². The molecule has 1 aliphatic rings. The molecule has 5 nitrogen and oxygen atoms in total. The van der Waals surface area contributed by atoms with Crippen molar-refractivity contribution >= 4 is 33.3 Å². The first-order chi connectivity index (χ1) is 11.1. The summed E-state index contributed by atoms with van der Waals surface area (Å²) < 4.78 is 5.10. The predicted molar refractivity (Wildman–Crippen MR) is 93.2 cm³/mol. The van der Waals surface area contributed by atoms with Crippen LogP contribution in [0.5, 0.6) is 0 Å². The van der Waals surface area contributed by atoms with Gasteiger partial charge in [0.05, 0.1) is 12.0 Å². The van der Waals surface area contributed by atoms with Gasteiger partial charge in [-0.25, -0.2) is 9.97 Å². The van der Waals surface area contributed by atoms with Crippen molar-refractivity contribution in [1.29, 1.82) is 0 Å². The lowest BCUT2D eigenvalue weighted by molar-refractivity contribution is -0.141. The van der Waals surface area contributed by atoms with Gasteiger partial charge in [-0.2, -0.15) is 0 Å². The maximum Gasteiger partial charge on any atom is 0.325 e. The van der Waals surface area contributed by atoms with E-state index in [2.05, 4.69) is 16.5 Å². The number of carbonyl (C=O) groups is 1. The van der Waals surface area contributed by atoms with Gasteiger partial charge in [-0.1, -0.05) is 6.08 Å². The Labute approximate surface area is 140 Å². The third kappa shape index (κ3) is 3.08. The van der Waals surface area contributed by atoms with E-state index in [1.54, 1.807) is 17.4 Å². The Balaban J connectivity index is 2.07. The molecule has 3 rings (SSSR count).